The number of benzene rings is 1. The zero-order valence-corrected chi connectivity index (χ0v) is 10.3. The van der Waals surface area contributed by atoms with Gasteiger partial charge in [-0.15, -0.1) is 0 Å². The van der Waals surface area contributed by atoms with Gasteiger partial charge >= 0.3 is 6.18 Å². The van der Waals surface area contributed by atoms with Crippen molar-refractivity contribution in [1.82, 2.24) is 4.31 Å². The molecule has 0 atom stereocenters. The van der Waals surface area contributed by atoms with Gasteiger partial charge < -0.3 is 0 Å². The minimum Gasteiger partial charge on any atom is -0.236 e. The Hall–Kier alpha value is -1.19. The maximum absolute atomic E-state index is 14.3. The van der Waals surface area contributed by atoms with Crippen LogP contribution < -0.4 is 5.14 Å². The van der Waals surface area contributed by atoms with Crippen molar-refractivity contribution < 1.29 is 26.0 Å². The fraction of sp³-hybridized carbons (Fsp3) is 0.400. The van der Waals surface area contributed by atoms with Crippen LogP contribution in [0, 0.1) is 0 Å². The molecular formula is C10H10F4N2O2S. The predicted octanol–water partition coefficient (Wildman–Crippen LogP) is 1.39. The summed E-state index contributed by atoms with van der Waals surface area (Å²) in [5, 5.41) is 4.79. The molecule has 2 rings (SSSR count). The van der Waals surface area contributed by atoms with Gasteiger partial charge in [0.15, 0.2) is 5.67 Å². The molecule has 1 fully saturated rings. The Morgan fingerprint density at radius 3 is 2.32 bits per heavy atom. The van der Waals surface area contributed by atoms with Crippen LogP contribution in [0.3, 0.4) is 0 Å². The van der Waals surface area contributed by atoms with E-state index < -0.39 is 40.7 Å². The number of rotatable bonds is 2. The quantitative estimate of drug-likeness (QED) is 0.839. The first kappa shape index (κ1) is 14.2. The van der Waals surface area contributed by atoms with E-state index in [-0.39, 0.29) is 5.56 Å². The molecule has 1 aliphatic heterocycles. The van der Waals surface area contributed by atoms with Gasteiger partial charge in [-0.05, 0) is 17.7 Å². The Balaban J connectivity index is 2.25. The minimum absolute atomic E-state index is 0.206. The lowest BCUT2D eigenvalue weighted by Crippen LogP contribution is -2.60. The molecule has 0 radical (unpaired) electrons. The summed E-state index contributed by atoms with van der Waals surface area (Å²) in [7, 11) is -4.01. The first-order chi connectivity index (χ1) is 8.52. The second kappa shape index (κ2) is 4.15. The van der Waals surface area contributed by atoms with E-state index in [9.17, 15) is 26.0 Å². The highest BCUT2D eigenvalue weighted by Gasteiger charge is 2.49. The molecule has 1 aromatic carbocycles. The number of hydrogen-bond acceptors (Lipinski definition) is 2. The average Bonchev–Trinajstić information content (AvgIpc) is 2.22. The Morgan fingerprint density at radius 2 is 1.84 bits per heavy atom. The van der Waals surface area contributed by atoms with E-state index in [0.29, 0.717) is 10.4 Å². The summed E-state index contributed by atoms with van der Waals surface area (Å²) in [4.78, 5) is 0. The summed E-state index contributed by atoms with van der Waals surface area (Å²) in [6.45, 7) is -1.15. The number of hydrogen-bond donors (Lipinski definition) is 1. The lowest BCUT2D eigenvalue weighted by molar-refractivity contribution is -0.137. The molecule has 106 valence electrons. The molecule has 0 aromatic heterocycles. The molecule has 1 aromatic rings. The van der Waals surface area contributed by atoms with Gasteiger partial charge in [-0.2, -0.15) is 25.9 Å². The summed E-state index contributed by atoms with van der Waals surface area (Å²) in [5.74, 6) is 0. The fourth-order valence-corrected chi connectivity index (χ4v) is 2.62. The predicted molar refractivity (Wildman–Crippen MR) is 58.9 cm³/mol. The van der Waals surface area contributed by atoms with E-state index >= 15 is 0 Å². The summed E-state index contributed by atoms with van der Waals surface area (Å²) in [6, 6.07) is 3.78. The Morgan fingerprint density at radius 1 is 1.26 bits per heavy atom. The number of halogens is 4. The van der Waals surface area contributed by atoms with Crippen LogP contribution in [-0.4, -0.2) is 25.8 Å². The topological polar surface area (TPSA) is 63.4 Å². The molecule has 2 N–H and O–H groups in total. The van der Waals surface area contributed by atoms with Crippen LogP contribution in [0.4, 0.5) is 17.6 Å². The van der Waals surface area contributed by atoms with Crippen LogP contribution in [0.2, 0.25) is 0 Å². The zero-order chi connectivity index (χ0) is 14.5. The molecule has 0 spiro atoms. The second-order valence-corrected chi connectivity index (χ2v) is 5.90. The van der Waals surface area contributed by atoms with E-state index in [1.165, 1.54) is 6.07 Å². The summed E-state index contributed by atoms with van der Waals surface area (Å²) < 4.78 is 74.2. The summed E-state index contributed by atoms with van der Waals surface area (Å²) in [5.41, 5.74) is -3.31. The lowest BCUT2D eigenvalue weighted by Gasteiger charge is -2.42. The second-order valence-electron chi connectivity index (χ2n) is 4.36. The Labute approximate surface area is 107 Å². The number of alkyl halides is 4. The van der Waals surface area contributed by atoms with E-state index in [0.717, 1.165) is 12.1 Å². The van der Waals surface area contributed by atoms with Gasteiger partial charge in [0.2, 0.25) is 0 Å². The van der Waals surface area contributed by atoms with Gasteiger partial charge in [-0.1, -0.05) is 12.1 Å². The van der Waals surface area contributed by atoms with Crippen molar-refractivity contribution >= 4 is 10.2 Å². The Kier molecular flexibility index (Phi) is 3.11. The van der Waals surface area contributed by atoms with Crippen molar-refractivity contribution in [2.45, 2.75) is 11.8 Å². The maximum Gasteiger partial charge on any atom is 0.416 e. The van der Waals surface area contributed by atoms with Crippen LogP contribution in [0.25, 0.3) is 0 Å². The van der Waals surface area contributed by atoms with Crippen LogP contribution in [0.1, 0.15) is 11.1 Å². The molecule has 0 amide bonds. The largest absolute Gasteiger partial charge is 0.416 e. The van der Waals surface area contributed by atoms with Crippen molar-refractivity contribution in [2.75, 3.05) is 13.1 Å². The van der Waals surface area contributed by atoms with Gasteiger partial charge in [-0.3, -0.25) is 0 Å². The molecule has 0 saturated carbocycles. The summed E-state index contributed by atoms with van der Waals surface area (Å²) >= 11 is 0. The molecule has 1 heterocycles. The molecule has 1 aliphatic rings. The number of nitrogens with two attached hydrogens (primary N) is 1. The third kappa shape index (κ3) is 2.72. The maximum atomic E-state index is 14.3. The average molecular weight is 298 g/mol. The molecule has 9 heteroatoms. The molecule has 0 unspecified atom stereocenters. The highest BCUT2D eigenvalue weighted by atomic mass is 32.2. The van der Waals surface area contributed by atoms with E-state index in [1.54, 1.807) is 0 Å². The molecular weight excluding hydrogens is 288 g/mol. The van der Waals surface area contributed by atoms with Crippen molar-refractivity contribution in [3.05, 3.63) is 35.4 Å². The third-order valence-electron chi connectivity index (χ3n) is 2.92. The normalized spacial score (nSPS) is 20.1. The molecule has 0 aliphatic carbocycles. The standard InChI is InChI=1S/C10H10F4N2O2S/c11-9(5-16(6-9)19(15,17)18)7-2-1-3-8(4-7)10(12,13)14/h1-4H,5-6H2,(H2,15,17,18). The van der Waals surface area contributed by atoms with Crippen molar-refractivity contribution in [3.63, 3.8) is 0 Å². The van der Waals surface area contributed by atoms with Crippen LogP contribution in [-0.2, 0) is 22.1 Å². The Bertz CT molecular complexity index is 594. The monoisotopic (exact) mass is 298 g/mol. The molecule has 4 nitrogen and oxygen atoms in total. The fourth-order valence-electron chi connectivity index (χ4n) is 1.85. The van der Waals surface area contributed by atoms with Gasteiger partial charge in [0.05, 0.1) is 18.7 Å². The van der Waals surface area contributed by atoms with E-state index in [2.05, 4.69) is 0 Å². The highest BCUT2D eigenvalue weighted by molar-refractivity contribution is 7.86. The van der Waals surface area contributed by atoms with Gasteiger partial charge in [0, 0.05) is 0 Å². The first-order valence-corrected chi connectivity index (χ1v) is 6.67. The van der Waals surface area contributed by atoms with Gasteiger partial charge in [-0.25, -0.2) is 9.53 Å². The van der Waals surface area contributed by atoms with Crippen molar-refractivity contribution in [1.29, 1.82) is 0 Å². The van der Waals surface area contributed by atoms with Gasteiger partial charge in [0.1, 0.15) is 0 Å². The van der Waals surface area contributed by atoms with Crippen molar-refractivity contribution in [2.24, 2.45) is 5.14 Å². The number of nitrogens with zero attached hydrogens (tertiary/aromatic N) is 1. The third-order valence-corrected chi connectivity index (χ3v) is 3.90. The van der Waals surface area contributed by atoms with E-state index in [4.69, 9.17) is 5.14 Å². The van der Waals surface area contributed by atoms with Crippen molar-refractivity contribution in [3.8, 4) is 0 Å². The van der Waals surface area contributed by atoms with Crippen LogP contribution >= 0.6 is 0 Å². The van der Waals surface area contributed by atoms with Gasteiger partial charge in [0.25, 0.3) is 10.2 Å². The van der Waals surface area contributed by atoms with Crippen LogP contribution in [0.15, 0.2) is 24.3 Å². The molecule has 0 bridgehead atoms. The highest BCUT2D eigenvalue weighted by Crippen LogP contribution is 2.39. The molecule has 19 heavy (non-hydrogen) atoms. The lowest BCUT2D eigenvalue weighted by atomic mass is 9.89. The minimum atomic E-state index is -4.57. The molecule has 1 saturated heterocycles. The SMILES string of the molecule is NS(=O)(=O)N1CC(F)(c2cccc(C(F)(F)F)c2)C1. The first-order valence-electron chi connectivity index (χ1n) is 5.17. The summed E-state index contributed by atoms with van der Waals surface area (Å²) in [6.07, 6.45) is -4.57. The zero-order valence-electron chi connectivity index (χ0n) is 9.48. The smallest absolute Gasteiger partial charge is 0.236 e. The van der Waals surface area contributed by atoms with E-state index in [1.807, 2.05) is 0 Å². The van der Waals surface area contributed by atoms with Crippen LogP contribution in [0.5, 0.6) is 0 Å².